The Hall–Kier alpha value is -1.85. The Morgan fingerprint density at radius 3 is 2.62 bits per heavy atom. The lowest BCUT2D eigenvalue weighted by atomic mass is 9.96. The zero-order chi connectivity index (χ0) is 17.3. The summed E-state index contributed by atoms with van der Waals surface area (Å²) in [5, 5.41) is 4.39. The zero-order valence-electron chi connectivity index (χ0n) is 14.9. The van der Waals surface area contributed by atoms with Crippen LogP contribution >= 0.6 is 0 Å². The van der Waals surface area contributed by atoms with Gasteiger partial charge >= 0.3 is 6.09 Å². The Morgan fingerprint density at radius 2 is 1.96 bits per heavy atom. The van der Waals surface area contributed by atoms with Crippen molar-refractivity contribution in [1.82, 2.24) is 14.7 Å². The van der Waals surface area contributed by atoms with E-state index in [9.17, 15) is 9.59 Å². The Bertz CT molecular complexity index is 624. The molecule has 2 heterocycles. The number of carbonyl (C=O) groups is 2. The van der Waals surface area contributed by atoms with E-state index in [0.717, 1.165) is 36.9 Å². The largest absolute Gasteiger partial charge is 0.444 e. The van der Waals surface area contributed by atoms with Gasteiger partial charge < -0.3 is 9.64 Å². The van der Waals surface area contributed by atoms with Crippen LogP contribution < -0.4 is 0 Å². The summed E-state index contributed by atoms with van der Waals surface area (Å²) in [4.78, 5) is 26.5. The lowest BCUT2D eigenvalue weighted by Gasteiger charge is -2.30. The van der Waals surface area contributed by atoms with E-state index in [1.54, 1.807) is 11.1 Å². The van der Waals surface area contributed by atoms with Crippen molar-refractivity contribution < 1.29 is 14.3 Å². The molecule has 1 aromatic heterocycles. The molecule has 0 atom stereocenters. The molecular weight excluding hydrogens is 306 g/mol. The van der Waals surface area contributed by atoms with Gasteiger partial charge in [0.25, 0.3) is 0 Å². The number of fused-ring (bicyclic) bond motifs is 1. The van der Waals surface area contributed by atoms with Crippen molar-refractivity contribution in [3.8, 4) is 0 Å². The second-order valence-corrected chi connectivity index (χ2v) is 7.87. The number of nitrogens with zero attached hydrogens (tertiary/aromatic N) is 3. The van der Waals surface area contributed by atoms with E-state index < -0.39 is 5.60 Å². The maximum Gasteiger partial charge on any atom is 0.410 e. The van der Waals surface area contributed by atoms with E-state index in [-0.39, 0.29) is 12.0 Å². The van der Waals surface area contributed by atoms with Crippen molar-refractivity contribution in [3.05, 3.63) is 17.5 Å². The molecule has 0 N–H and O–H groups in total. The van der Waals surface area contributed by atoms with Gasteiger partial charge in [0.1, 0.15) is 11.4 Å². The van der Waals surface area contributed by atoms with Gasteiger partial charge in [0.2, 0.25) is 0 Å². The number of ketones is 1. The van der Waals surface area contributed by atoms with Gasteiger partial charge in [-0.1, -0.05) is 12.8 Å². The van der Waals surface area contributed by atoms with Gasteiger partial charge in [0.05, 0.1) is 25.0 Å². The van der Waals surface area contributed by atoms with Crippen LogP contribution in [0.5, 0.6) is 0 Å². The molecule has 0 bridgehead atoms. The van der Waals surface area contributed by atoms with E-state index in [2.05, 4.69) is 5.10 Å². The summed E-state index contributed by atoms with van der Waals surface area (Å²) in [7, 11) is 0. The fourth-order valence-electron chi connectivity index (χ4n) is 3.51. The van der Waals surface area contributed by atoms with Crippen LogP contribution in [-0.2, 0) is 29.0 Å². The van der Waals surface area contributed by atoms with Crippen molar-refractivity contribution >= 4 is 11.9 Å². The Morgan fingerprint density at radius 1 is 1.25 bits per heavy atom. The monoisotopic (exact) mass is 333 g/mol. The molecule has 1 amide bonds. The lowest BCUT2D eigenvalue weighted by molar-refractivity contribution is -0.122. The number of rotatable bonds is 3. The first-order valence-corrected chi connectivity index (χ1v) is 8.88. The van der Waals surface area contributed by atoms with Gasteiger partial charge in [-0.25, -0.2) is 4.79 Å². The summed E-state index contributed by atoms with van der Waals surface area (Å²) < 4.78 is 7.38. The van der Waals surface area contributed by atoms with E-state index >= 15 is 0 Å². The van der Waals surface area contributed by atoms with Crippen molar-refractivity contribution in [1.29, 1.82) is 0 Å². The molecule has 1 aliphatic carbocycles. The normalized spacial score (nSPS) is 18.5. The van der Waals surface area contributed by atoms with Crippen LogP contribution in [-0.4, -0.2) is 38.7 Å². The summed E-state index contributed by atoms with van der Waals surface area (Å²) in [5.74, 6) is 0.531. The molecule has 24 heavy (non-hydrogen) atoms. The zero-order valence-corrected chi connectivity index (χ0v) is 14.9. The highest BCUT2D eigenvalue weighted by Crippen LogP contribution is 2.28. The molecule has 0 unspecified atom stereocenters. The summed E-state index contributed by atoms with van der Waals surface area (Å²) in [5.41, 5.74) is 1.43. The fraction of sp³-hybridized carbons (Fsp3) is 0.722. The molecule has 1 aliphatic heterocycles. The van der Waals surface area contributed by atoms with Crippen LogP contribution in [0.15, 0.2) is 6.20 Å². The first kappa shape index (κ1) is 17.0. The molecule has 2 aliphatic rings. The molecule has 0 spiro atoms. The highest BCUT2D eigenvalue weighted by atomic mass is 16.6. The molecule has 1 saturated carbocycles. The van der Waals surface area contributed by atoms with E-state index in [1.807, 2.05) is 25.5 Å². The number of hydrogen-bond acceptors (Lipinski definition) is 4. The highest BCUT2D eigenvalue weighted by molar-refractivity contribution is 5.83. The Balaban J connectivity index is 1.68. The van der Waals surface area contributed by atoms with Crippen LogP contribution in [0.3, 0.4) is 0 Å². The maximum absolute atomic E-state index is 12.5. The molecule has 132 valence electrons. The third-order valence-electron chi connectivity index (χ3n) is 4.78. The predicted octanol–water partition coefficient (Wildman–Crippen LogP) is 2.94. The van der Waals surface area contributed by atoms with Gasteiger partial charge in [-0.2, -0.15) is 5.10 Å². The summed E-state index contributed by atoms with van der Waals surface area (Å²) >= 11 is 0. The number of aromatic nitrogens is 2. The minimum atomic E-state index is -0.504. The van der Waals surface area contributed by atoms with Crippen LogP contribution in [0, 0.1) is 5.92 Å². The molecule has 0 radical (unpaired) electrons. The number of amides is 1. The summed E-state index contributed by atoms with van der Waals surface area (Å²) in [6.45, 7) is 7.29. The number of hydrogen-bond donors (Lipinski definition) is 0. The molecule has 1 aromatic rings. The molecule has 0 aromatic carbocycles. The standard InChI is InChI=1S/C18H27N3O3/c1-18(2,3)24-17(23)20-8-9-21-15(12-20)14(11-19-21)10-16(22)13-6-4-5-7-13/h11,13H,4-10,12H2,1-3H3. The van der Waals surface area contributed by atoms with E-state index in [4.69, 9.17) is 4.74 Å². The Kier molecular flexibility index (Phi) is 4.65. The number of Topliss-reactive ketones (excluding diaryl/α,β-unsaturated/α-hetero) is 1. The minimum absolute atomic E-state index is 0.214. The quantitative estimate of drug-likeness (QED) is 0.853. The third-order valence-corrected chi connectivity index (χ3v) is 4.78. The van der Waals surface area contributed by atoms with Gasteiger partial charge in [-0.05, 0) is 33.6 Å². The van der Waals surface area contributed by atoms with Crippen LogP contribution in [0.2, 0.25) is 0 Å². The SMILES string of the molecule is CC(C)(C)OC(=O)N1CCn2ncc(CC(=O)C3CCCC3)c2C1. The fourth-order valence-corrected chi connectivity index (χ4v) is 3.51. The molecule has 6 heteroatoms. The molecule has 0 saturated heterocycles. The summed E-state index contributed by atoms with van der Waals surface area (Å²) in [6, 6.07) is 0. The average molecular weight is 333 g/mol. The van der Waals surface area contributed by atoms with Crippen molar-refractivity contribution in [2.75, 3.05) is 6.54 Å². The molecule has 1 fully saturated rings. The van der Waals surface area contributed by atoms with E-state index in [1.165, 1.54) is 0 Å². The van der Waals surface area contributed by atoms with Crippen molar-refractivity contribution in [3.63, 3.8) is 0 Å². The van der Waals surface area contributed by atoms with Crippen molar-refractivity contribution in [2.24, 2.45) is 5.92 Å². The van der Waals surface area contributed by atoms with Crippen LogP contribution in [0.1, 0.15) is 57.7 Å². The van der Waals surface area contributed by atoms with E-state index in [0.29, 0.717) is 31.8 Å². The Labute approximate surface area is 143 Å². The average Bonchev–Trinajstić information content (AvgIpc) is 3.15. The van der Waals surface area contributed by atoms with Crippen LogP contribution in [0.4, 0.5) is 4.79 Å². The summed E-state index contributed by atoms with van der Waals surface area (Å²) in [6.07, 6.45) is 6.29. The second kappa shape index (κ2) is 6.57. The van der Waals surface area contributed by atoms with Crippen molar-refractivity contribution in [2.45, 2.75) is 71.6 Å². The number of carbonyl (C=O) groups excluding carboxylic acids is 2. The topological polar surface area (TPSA) is 64.4 Å². The van der Waals surface area contributed by atoms with Gasteiger partial charge in [-0.15, -0.1) is 0 Å². The lowest BCUT2D eigenvalue weighted by Crippen LogP contribution is -2.41. The molecule has 6 nitrogen and oxygen atoms in total. The van der Waals surface area contributed by atoms with Gasteiger partial charge in [-0.3, -0.25) is 9.48 Å². The number of ether oxygens (including phenoxy) is 1. The van der Waals surface area contributed by atoms with Gasteiger partial charge in [0.15, 0.2) is 0 Å². The molecule has 3 rings (SSSR count). The second-order valence-electron chi connectivity index (χ2n) is 7.87. The molecular formula is C18H27N3O3. The predicted molar refractivity (Wildman–Crippen MR) is 89.5 cm³/mol. The maximum atomic E-state index is 12.5. The van der Waals surface area contributed by atoms with Gasteiger partial charge in [0, 0.05) is 24.4 Å². The smallest absolute Gasteiger partial charge is 0.410 e. The third kappa shape index (κ3) is 3.79. The first-order chi connectivity index (χ1) is 11.3. The highest BCUT2D eigenvalue weighted by Gasteiger charge is 2.29. The minimum Gasteiger partial charge on any atom is -0.444 e. The van der Waals surface area contributed by atoms with Crippen LogP contribution in [0.25, 0.3) is 0 Å². The first-order valence-electron chi connectivity index (χ1n) is 8.88.